The largest absolute Gasteiger partial charge is 0.398 e. The number of halogens is 1. The monoisotopic (exact) mass is 238 g/mol. The van der Waals surface area contributed by atoms with Crippen LogP contribution in [-0.2, 0) is 11.3 Å². The fourth-order valence-electron chi connectivity index (χ4n) is 2.25. The highest BCUT2D eigenvalue weighted by atomic mass is 19.1. The Kier molecular flexibility index (Phi) is 3.97. The zero-order chi connectivity index (χ0) is 12.3. The van der Waals surface area contributed by atoms with Crippen LogP contribution in [0.1, 0.15) is 18.4 Å². The third kappa shape index (κ3) is 3.17. The van der Waals surface area contributed by atoms with Crippen molar-refractivity contribution in [2.75, 3.05) is 25.9 Å². The molecule has 0 unspecified atom stereocenters. The first-order chi connectivity index (χ1) is 8.19. The fraction of sp³-hybridized carbons (Fsp3) is 0.538. The van der Waals surface area contributed by atoms with Gasteiger partial charge >= 0.3 is 0 Å². The summed E-state index contributed by atoms with van der Waals surface area (Å²) in [6.07, 6.45) is 2.49. The van der Waals surface area contributed by atoms with Gasteiger partial charge in [0.2, 0.25) is 0 Å². The van der Waals surface area contributed by atoms with Gasteiger partial charge in [-0.15, -0.1) is 0 Å². The molecule has 0 bridgehead atoms. The summed E-state index contributed by atoms with van der Waals surface area (Å²) in [5, 5.41) is 0. The van der Waals surface area contributed by atoms with E-state index in [2.05, 4.69) is 4.90 Å². The summed E-state index contributed by atoms with van der Waals surface area (Å²) >= 11 is 0. The van der Waals surface area contributed by atoms with Crippen LogP contribution in [0.4, 0.5) is 10.1 Å². The van der Waals surface area contributed by atoms with Crippen LogP contribution >= 0.6 is 0 Å². The lowest BCUT2D eigenvalue weighted by Crippen LogP contribution is -2.36. The van der Waals surface area contributed by atoms with Crippen LogP contribution < -0.4 is 5.73 Å². The first kappa shape index (κ1) is 12.3. The summed E-state index contributed by atoms with van der Waals surface area (Å²) in [5.41, 5.74) is 7.34. The van der Waals surface area contributed by atoms with Gasteiger partial charge in [0.05, 0.1) is 6.10 Å². The molecule has 2 N–H and O–H groups in total. The highest BCUT2D eigenvalue weighted by Crippen LogP contribution is 2.19. The second-order valence-corrected chi connectivity index (χ2v) is 4.55. The fourth-order valence-corrected chi connectivity index (χ4v) is 2.25. The van der Waals surface area contributed by atoms with Crippen LogP contribution in [0, 0.1) is 5.82 Å². The Labute approximate surface area is 101 Å². The van der Waals surface area contributed by atoms with Gasteiger partial charge in [-0.1, -0.05) is 6.07 Å². The van der Waals surface area contributed by atoms with Gasteiger partial charge in [-0.05, 0) is 30.5 Å². The molecule has 0 saturated carbocycles. The van der Waals surface area contributed by atoms with E-state index in [-0.39, 0.29) is 5.82 Å². The maximum Gasteiger partial charge on any atom is 0.125 e. The van der Waals surface area contributed by atoms with E-state index >= 15 is 0 Å². The molecule has 3 nitrogen and oxygen atoms in total. The average molecular weight is 238 g/mol. The van der Waals surface area contributed by atoms with E-state index in [0.29, 0.717) is 11.8 Å². The summed E-state index contributed by atoms with van der Waals surface area (Å²) in [6, 6.07) is 4.62. The molecule has 0 radical (unpaired) electrons. The quantitative estimate of drug-likeness (QED) is 0.819. The summed E-state index contributed by atoms with van der Waals surface area (Å²) in [4.78, 5) is 2.33. The third-order valence-corrected chi connectivity index (χ3v) is 3.37. The predicted molar refractivity (Wildman–Crippen MR) is 66.1 cm³/mol. The number of nitrogen functional groups attached to an aromatic ring is 1. The van der Waals surface area contributed by atoms with Crippen LogP contribution in [0.5, 0.6) is 0 Å². The van der Waals surface area contributed by atoms with Crippen molar-refractivity contribution in [3.63, 3.8) is 0 Å². The van der Waals surface area contributed by atoms with Gasteiger partial charge in [0.15, 0.2) is 0 Å². The van der Waals surface area contributed by atoms with E-state index in [1.54, 1.807) is 13.2 Å². The summed E-state index contributed by atoms with van der Waals surface area (Å²) < 4.78 is 18.2. The SMILES string of the molecule is COC1CCN(Cc2ccc(F)cc2N)CC1. The molecule has 0 aromatic heterocycles. The van der Waals surface area contributed by atoms with Crippen molar-refractivity contribution in [3.05, 3.63) is 29.6 Å². The lowest BCUT2D eigenvalue weighted by atomic mass is 10.1. The minimum absolute atomic E-state index is 0.274. The van der Waals surface area contributed by atoms with Crippen molar-refractivity contribution < 1.29 is 9.13 Å². The Hall–Kier alpha value is -1.13. The number of benzene rings is 1. The van der Waals surface area contributed by atoms with Gasteiger partial charge in [0, 0.05) is 32.4 Å². The number of likely N-dealkylation sites (tertiary alicyclic amines) is 1. The number of hydrogen-bond donors (Lipinski definition) is 1. The Bertz CT molecular complexity index is 376. The number of nitrogens with zero attached hydrogens (tertiary/aromatic N) is 1. The molecule has 1 heterocycles. The molecule has 0 aliphatic carbocycles. The highest BCUT2D eigenvalue weighted by molar-refractivity contribution is 5.46. The number of piperidine rings is 1. The molecule has 0 amide bonds. The van der Waals surface area contributed by atoms with E-state index in [1.807, 2.05) is 0 Å². The zero-order valence-electron chi connectivity index (χ0n) is 10.2. The minimum atomic E-state index is -0.274. The van der Waals surface area contributed by atoms with Crippen LogP contribution in [0.15, 0.2) is 18.2 Å². The lowest BCUT2D eigenvalue weighted by molar-refractivity contribution is 0.0389. The summed E-state index contributed by atoms with van der Waals surface area (Å²) in [7, 11) is 1.76. The third-order valence-electron chi connectivity index (χ3n) is 3.37. The van der Waals surface area contributed by atoms with E-state index in [4.69, 9.17) is 10.5 Å². The maximum atomic E-state index is 12.9. The van der Waals surface area contributed by atoms with Crippen molar-refractivity contribution >= 4 is 5.69 Å². The van der Waals surface area contributed by atoms with E-state index in [1.165, 1.54) is 12.1 Å². The molecule has 1 aliphatic rings. The molecule has 0 spiro atoms. The molecule has 17 heavy (non-hydrogen) atoms. The normalized spacial score (nSPS) is 18.5. The van der Waals surface area contributed by atoms with Crippen LogP contribution in [0.3, 0.4) is 0 Å². The number of hydrogen-bond acceptors (Lipinski definition) is 3. The van der Waals surface area contributed by atoms with Gasteiger partial charge in [-0.3, -0.25) is 4.90 Å². The topological polar surface area (TPSA) is 38.5 Å². The van der Waals surface area contributed by atoms with Gasteiger partial charge in [0.1, 0.15) is 5.82 Å². The molecule has 2 rings (SSSR count). The Morgan fingerprint density at radius 3 is 2.71 bits per heavy atom. The van der Waals surface area contributed by atoms with Crippen molar-refractivity contribution in [2.45, 2.75) is 25.5 Å². The molecule has 1 saturated heterocycles. The zero-order valence-corrected chi connectivity index (χ0v) is 10.2. The molecule has 0 atom stereocenters. The predicted octanol–water partition coefficient (Wildman–Crippen LogP) is 2.02. The van der Waals surface area contributed by atoms with Crippen LogP contribution in [0.2, 0.25) is 0 Å². The highest BCUT2D eigenvalue weighted by Gasteiger charge is 2.19. The molecule has 1 fully saturated rings. The van der Waals surface area contributed by atoms with E-state index in [9.17, 15) is 4.39 Å². The second-order valence-electron chi connectivity index (χ2n) is 4.55. The minimum Gasteiger partial charge on any atom is -0.398 e. The van der Waals surface area contributed by atoms with Gasteiger partial charge in [0.25, 0.3) is 0 Å². The Balaban J connectivity index is 1.93. The smallest absolute Gasteiger partial charge is 0.125 e. The Morgan fingerprint density at radius 2 is 2.12 bits per heavy atom. The van der Waals surface area contributed by atoms with Crippen LogP contribution in [-0.4, -0.2) is 31.2 Å². The van der Waals surface area contributed by atoms with Crippen molar-refractivity contribution in [3.8, 4) is 0 Å². The van der Waals surface area contributed by atoms with Crippen molar-refractivity contribution in [2.24, 2.45) is 0 Å². The number of anilines is 1. The molecule has 1 aromatic carbocycles. The van der Waals surface area contributed by atoms with Crippen molar-refractivity contribution in [1.82, 2.24) is 4.90 Å². The molecular weight excluding hydrogens is 219 g/mol. The van der Waals surface area contributed by atoms with E-state index in [0.717, 1.165) is 38.0 Å². The summed E-state index contributed by atoms with van der Waals surface area (Å²) in [5.74, 6) is -0.274. The van der Waals surface area contributed by atoms with Gasteiger partial charge < -0.3 is 10.5 Å². The number of nitrogens with two attached hydrogens (primary N) is 1. The van der Waals surface area contributed by atoms with Gasteiger partial charge in [-0.2, -0.15) is 0 Å². The van der Waals surface area contributed by atoms with Crippen molar-refractivity contribution in [1.29, 1.82) is 0 Å². The average Bonchev–Trinajstić information content (AvgIpc) is 2.34. The Morgan fingerprint density at radius 1 is 1.41 bits per heavy atom. The molecule has 94 valence electrons. The standard InChI is InChI=1S/C13H19FN2O/c1-17-12-4-6-16(7-5-12)9-10-2-3-11(14)8-13(10)15/h2-3,8,12H,4-7,9,15H2,1H3. The molecule has 1 aliphatic heterocycles. The van der Waals surface area contributed by atoms with Crippen LogP contribution in [0.25, 0.3) is 0 Å². The molecular formula is C13H19FN2O. The maximum absolute atomic E-state index is 12.9. The first-order valence-corrected chi connectivity index (χ1v) is 5.98. The lowest BCUT2D eigenvalue weighted by Gasteiger charge is -2.31. The molecule has 4 heteroatoms. The van der Waals surface area contributed by atoms with E-state index < -0.39 is 0 Å². The number of ether oxygens (including phenoxy) is 1. The van der Waals surface area contributed by atoms with Gasteiger partial charge in [-0.25, -0.2) is 4.39 Å². The second kappa shape index (κ2) is 5.47. The summed E-state index contributed by atoms with van der Waals surface area (Å²) in [6.45, 7) is 2.81. The molecule has 1 aromatic rings. The first-order valence-electron chi connectivity index (χ1n) is 5.98. The number of rotatable bonds is 3. The number of methoxy groups -OCH3 is 1.